The number of benzene rings is 1. The summed E-state index contributed by atoms with van der Waals surface area (Å²) in [6.45, 7) is 11.0. The normalized spacial score (nSPS) is 14.3. The molecule has 1 aliphatic rings. The van der Waals surface area contributed by atoms with E-state index in [9.17, 15) is 9.59 Å². The van der Waals surface area contributed by atoms with Crippen LogP contribution in [0.3, 0.4) is 0 Å². The standard InChI is InChI=1S/C24H34N4O2/c1-6-14-27(23(30)18-11-9-12-18)16-22(29)25-21-15-20(24(3,4)5)26-28(21)19-13-8-7-10-17(19)2/h7-8,10,13,15,18H,6,9,11-12,14,16H2,1-5H3,(H,25,29). The lowest BCUT2D eigenvalue weighted by molar-refractivity contribution is -0.140. The molecular weight excluding hydrogens is 376 g/mol. The molecule has 162 valence electrons. The van der Waals surface area contributed by atoms with Crippen molar-refractivity contribution in [1.82, 2.24) is 14.7 Å². The zero-order valence-electron chi connectivity index (χ0n) is 18.9. The second-order valence-corrected chi connectivity index (χ2v) is 9.30. The van der Waals surface area contributed by atoms with Crippen molar-refractivity contribution < 1.29 is 9.59 Å². The fourth-order valence-electron chi connectivity index (χ4n) is 3.63. The molecule has 30 heavy (non-hydrogen) atoms. The molecule has 6 nitrogen and oxygen atoms in total. The second-order valence-electron chi connectivity index (χ2n) is 9.30. The first-order chi connectivity index (χ1) is 14.2. The molecule has 0 radical (unpaired) electrons. The third-order valence-corrected chi connectivity index (χ3v) is 5.68. The predicted molar refractivity (Wildman–Crippen MR) is 120 cm³/mol. The van der Waals surface area contributed by atoms with Crippen LogP contribution in [0, 0.1) is 12.8 Å². The summed E-state index contributed by atoms with van der Waals surface area (Å²) in [5.74, 6) is 0.647. The fourth-order valence-corrected chi connectivity index (χ4v) is 3.63. The number of anilines is 1. The summed E-state index contributed by atoms with van der Waals surface area (Å²) in [6.07, 6.45) is 3.82. The Morgan fingerprint density at radius 2 is 1.93 bits per heavy atom. The number of nitrogens with zero attached hydrogens (tertiary/aromatic N) is 3. The van der Waals surface area contributed by atoms with E-state index in [4.69, 9.17) is 5.10 Å². The minimum absolute atomic E-state index is 0.0764. The number of aryl methyl sites for hydroxylation is 1. The van der Waals surface area contributed by atoms with Gasteiger partial charge >= 0.3 is 0 Å². The summed E-state index contributed by atoms with van der Waals surface area (Å²) in [5, 5.41) is 7.80. The lowest BCUT2D eigenvalue weighted by atomic mass is 9.84. The molecule has 0 atom stereocenters. The van der Waals surface area contributed by atoms with E-state index in [1.54, 1.807) is 9.58 Å². The summed E-state index contributed by atoms with van der Waals surface area (Å²) in [7, 11) is 0. The van der Waals surface area contributed by atoms with Crippen molar-refractivity contribution in [2.75, 3.05) is 18.4 Å². The average molecular weight is 411 g/mol. The van der Waals surface area contributed by atoms with E-state index in [0.29, 0.717) is 12.4 Å². The molecule has 0 aliphatic heterocycles. The molecule has 1 fully saturated rings. The smallest absolute Gasteiger partial charge is 0.245 e. The highest BCUT2D eigenvalue weighted by atomic mass is 16.2. The highest BCUT2D eigenvalue weighted by molar-refractivity contribution is 5.94. The van der Waals surface area contributed by atoms with Crippen molar-refractivity contribution in [2.24, 2.45) is 5.92 Å². The summed E-state index contributed by atoms with van der Waals surface area (Å²) in [6, 6.07) is 9.91. The predicted octanol–water partition coefficient (Wildman–Crippen LogP) is 4.46. The fraction of sp³-hybridized carbons (Fsp3) is 0.542. The highest BCUT2D eigenvalue weighted by Gasteiger charge is 2.30. The Hall–Kier alpha value is -2.63. The highest BCUT2D eigenvalue weighted by Crippen LogP contribution is 2.29. The van der Waals surface area contributed by atoms with Gasteiger partial charge in [0.25, 0.3) is 0 Å². The maximum Gasteiger partial charge on any atom is 0.245 e. The van der Waals surface area contributed by atoms with Crippen LogP contribution in [-0.4, -0.2) is 39.6 Å². The van der Waals surface area contributed by atoms with Gasteiger partial charge in [-0.2, -0.15) is 5.10 Å². The molecule has 2 aromatic rings. The molecule has 6 heteroatoms. The Morgan fingerprint density at radius 3 is 2.50 bits per heavy atom. The largest absolute Gasteiger partial charge is 0.333 e. The maximum absolute atomic E-state index is 12.9. The Morgan fingerprint density at radius 1 is 1.23 bits per heavy atom. The first-order valence-corrected chi connectivity index (χ1v) is 11.0. The van der Waals surface area contributed by atoms with Crippen LogP contribution in [0.1, 0.15) is 64.6 Å². The van der Waals surface area contributed by atoms with Gasteiger partial charge in [0, 0.05) is 23.9 Å². The molecule has 0 spiro atoms. The van der Waals surface area contributed by atoms with E-state index in [2.05, 4.69) is 26.1 Å². The van der Waals surface area contributed by atoms with Gasteiger partial charge in [0.2, 0.25) is 11.8 Å². The Kier molecular flexibility index (Phi) is 6.64. The van der Waals surface area contributed by atoms with Gasteiger partial charge in [0.15, 0.2) is 0 Å². The van der Waals surface area contributed by atoms with Crippen molar-refractivity contribution >= 4 is 17.6 Å². The number of rotatable bonds is 7. The molecule has 0 saturated heterocycles. The first kappa shape index (κ1) is 22.1. The van der Waals surface area contributed by atoms with E-state index < -0.39 is 0 Å². The number of hydrogen-bond donors (Lipinski definition) is 1. The molecule has 2 amide bonds. The third kappa shape index (κ3) is 4.91. The van der Waals surface area contributed by atoms with Crippen LogP contribution < -0.4 is 5.32 Å². The van der Waals surface area contributed by atoms with Gasteiger partial charge in [-0.25, -0.2) is 4.68 Å². The van der Waals surface area contributed by atoms with Crippen LogP contribution in [0.2, 0.25) is 0 Å². The number of carbonyl (C=O) groups excluding carboxylic acids is 2. The molecule has 0 bridgehead atoms. The van der Waals surface area contributed by atoms with E-state index in [0.717, 1.165) is 42.6 Å². The first-order valence-electron chi connectivity index (χ1n) is 11.0. The van der Waals surface area contributed by atoms with Crippen molar-refractivity contribution in [3.8, 4) is 5.69 Å². The summed E-state index contributed by atoms with van der Waals surface area (Å²) < 4.78 is 1.80. The van der Waals surface area contributed by atoms with E-state index >= 15 is 0 Å². The van der Waals surface area contributed by atoms with Crippen molar-refractivity contribution in [3.63, 3.8) is 0 Å². The van der Waals surface area contributed by atoms with Crippen LogP contribution in [0.15, 0.2) is 30.3 Å². The molecule has 1 aromatic carbocycles. The van der Waals surface area contributed by atoms with Gasteiger partial charge in [-0.3, -0.25) is 9.59 Å². The van der Waals surface area contributed by atoms with Crippen LogP contribution in [0.25, 0.3) is 5.69 Å². The lowest BCUT2D eigenvalue weighted by Gasteiger charge is -2.31. The number of hydrogen-bond acceptors (Lipinski definition) is 3. The molecule has 1 aromatic heterocycles. The number of aromatic nitrogens is 2. The second kappa shape index (κ2) is 9.02. The van der Waals surface area contributed by atoms with Gasteiger partial charge < -0.3 is 10.2 Å². The van der Waals surface area contributed by atoms with Crippen molar-refractivity contribution in [2.45, 2.75) is 65.7 Å². The van der Waals surface area contributed by atoms with Gasteiger partial charge in [0.05, 0.1) is 17.9 Å². The monoisotopic (exact) mass is 410 g/mol. The topological polar surface area (TPSA) is 67.2 Å². The van der Waals surface area contributed by atoms with Crippen LogP contribution in [-0.2, 0) is 15.0 Å². The SMILES string of the molecule is CCCN(CC(=O)Nc1cc(C(C)(C)C)nn1-c1ccccc1C)C(=O)C1CCC1. The van der Waals surface area contributed by atoms with Gasteiger partial charge in [-0.1, -0.05) is 52.3 Å². The minimum atomic E-state index is -0.189. The average Bonchev–Trinajstić information content (AvgIpc) is 3.04. The maximum atomic E-state index is 12.9. The molecule has 1 aliphatic carbocycles. The van der Waals surface area contributed by atoms with Crippen LogP contribution in [0.5, 0.6) is 0 Å². The number of nitrogens with one attached hydrogen (secondary N) is 1. The molecule has 1 saturated carbocycles. The third-order valence-electron chi connectivity index (χ3n) is 5.68. The van der Waals surface area contributed by atoms with Crippen molar-refractivity contribution in [3.05, 3.63) is 41.6 Å². The quantitative estimate of drug-likeness (QED) is 0.733. The molecule has 3 rings (SSSR count). The van der Waals surface area contributed by atoms with Gasteiger partial charge in [0.1, 0.15) is 5.82 Å². The number of amides is 2. The number of para-hydroxylation sites is 1. The van der Waals surface area contributed by atoms with Gasteiger partial charge in [-0.05, 0) is 37.8 Å². The molecule has 0 unspecified atom stereocenters. The zero-order chi connectivity index (χ0) is 21.9. The van der Waals surface area contributed by atoms with Gasteiger partial charge in [-0.15, -0.1) is 0 Å². The molecule has 1 N–H and O–H groups in total. The Labute approximate surface area is 179 Å². The van der Waals surface area contributed by atoms with E-state index in [1.807, 2.05) is 44.2 Å². The van der Waals surface area contributed by atoms with Crippen LogP contribution in [0.4, 0.5) is 5.82 Å². The summed E-state index contributed by atoms with van der Waals surface area (Å²) in [4.78, 5) is 27.3. The summed E-state index contributed by atoms with van der Waals surface area (Å²) in [5.41, 5.74) is 2.75. The zero-order valence-corrected chi connectivity index (χ0v) is 18.9. The number of carbonyl (C=O) groups is 2. The molecule has 1 heterocycles. The minimum Gasteiger partial charge on any atom is -0.333 e. The Bertz CT molecular complexity index is 906. The van der Waals surface area contributed by atoms with Crippen LogP contribution >= 0.6 is 0 Å². The van der Waals surface area contributed by atoms with E-state index in [-0.39, 0.29) is 29.7 Å². The summed E-state index contributed by atoms with van der Waals surface area (Å²) >= 11 is 0. The molecular formula is C24H34N4O2. The van der Waals surface area contributed by atoms with E-state index in [1.165, 1.54) is 0 Å². The van der Waals surface area contributed by atoms with Crippen molar-refractivity contribution in [1.29, 1.82) is 0 Å². The lowest BCUT2D eigenvalue weighted by Crippen LogP contribution is -2.43. The Balaban J connectivity index is 1.83.